The van der Waals surface area contributed by atoms with Crippen LogP contribution in [-0.2, 0) is 16.4 Å². The Bertz CT molecular complexity index is 1550. The summed E-state index contributed by atoms with van der Waals surface area (Å²) in [5.41, 5.74) is 8.89. The van der Waals surface area contributed by atoms with Crippen molar-refractivity contribution in [3.63, 3.8) is 0 Å². The van der Waals surface area contributed by atoms with Crippen LogP contribution in [0.2, 0.25) is 10.0 Å². The molecule has 0 bridgehead atoms. The minimum atomic E-state index is -3.82. The van der Waals surface area contributed by atoms with Gasteiger partial charge in [0.25, 0.3) is 10.0 Å². The molecule has 2 amide bonds. The fourth-order valence-electron chi connectivity index (χ4n) is 3.99. The van der Waals surface area contributed by atoms with Crippen molar-refractivity contribution in [2.75, 3.05) is 10.0 Å². The van der Waals surface area contributed by atoms with Gasteiger partial charge in [0.15, 0.2) is 0 Å². The van der Waals surface area contributed by atoms with E-state index in [4.69, 9.17) is 28.9 Å². The fraction of sp³-hybridized carbons (Fsp3) is 0.300. The minimum Gasteiger partial charge on any atom is -0.331 e. The third-order valence-electron chi connectivity index (χ3n) is 6.20. The number of hydrogen-bond donors (Lipinski definition) is 4. The number of carbonyl (C=O) groups is 1. The standard InChI is InChI=1S/C30H32Cl2N4O3S/c1-19(26-17-10-22(27(31)28(26)32)9-6-20-4-5-20)34-29(37)35-23-13-15-25(16-14-23)40(38,39)36-24-11-7-21(8-12-24)18-30(2,3)33/h7-8,10-17,19-20,36H,4-5,18,33H2,1-3H3,(H2,34,35,37)/t19-/m0/s1. The van der Waals surface area contributed by atoms with E-state index in [0.29, 0.717) is 44.9 Å². The van der Waals surface area contributed by atoms with Crippen LogP contribution in [0.25, 0.3) is 0 Å². The molecule has 7 nitrogen and oxygen atoms in total. The van der Waals surface area contributed by atoms with E-state index in [0.717, 1.165) is 18.4 Å². The predicted molar refractivity (Wildman–Crippen MR) is 162 cm³/mol. The zero-order valence-electron chi connectivity index (χ0n) is 22.5. The van der Waals surface area contributed by atoms with Crippen LogP contribution in [0.3, 0.4) is 0 Å². The molecular weight excluding hydrogens is 567 g/mol. The molecular formula is C30H32Cl2N4O3S. The van der Waals surface area contributed by atoms with E-state index in [1.54, 1.807) is 31.2 Å². The maximum atomic E-state index is 12.8. The van der Waals surface area contributed by atoms with E-state index in [2.05, 4.69) is 27.2 Å². The van der Waals surface area contributed by atoms with Crippen LogP contribution in [0.4, 0.5) is 16.2 Å². The molecule has 1 atom stereocenters. The summed E-state index contributed by atoms with van der Waals surface area (Å²) in [6.45, 7) is 5.66. The molecule has 1 fully saturated rings. The van der Waals surface area contributed by atoms with Gasteiger partial charge in [-0.05, 0) is 93.6 Å². The largest absolute Gasteiger partial charge is 0.331 e. The Hall–Kier alpha value is -3.22. The van der Waals surface area contributed by atoms with Gasteiger partial charge in [0.1, 0.15) is 0 Å². The normalized spacial score (nSPS) is 14.1. The topological polar surface area (TPSA) is 113 Å². The van der Waals surface area contributed by atoms with Crippen molar-refractivity contribution in [1.29, 1.82) is 0 Å². The summed E-state index contributed by atoms with van der Waals surface area (Å²) in [5, 5.41) is 6.24. The molecule has 5 N–H and O–H groups in total. The SMILES string of the molecule is C[C@H](NC(=O)Nc1ccc(S(=O)(=O)Nc2ccc(CC(C)(C)N)cc2)cc1)c1ccc(C#CC2CC2)c(Cl)c1Cl. The van der Waals surface area contributed by atoms with Gasteiger partial charge in [0.2, 0.25) is 0 Å². The average molecular weight is 600 g/mol. The van der Waals surface area contributed by atoms with Crippen LogP contribution < -0.4 is 21.1 Å². The van der Waals surface area contributed by atoms with Gasteiger partial charge in [-0.15, -0.1) is 0 Å². The van der Waals surface area contributed by atoms with Crippen molar-refractivity contribution in [2.45, 2.75) is 56.5 Å². The Morgan fingerprint density at radius 3 is 2.23 bits per heavy atom. The molecule has 1 aliphatic rings. The Balaban J connectivity index is 1.35. The van der Waals surface area contributed by atoms with Crippen LogP contribution in [0, 0.1) is 17.8 Å². The van der Waals surface area contributed by atoms with Crippen molar-refractivity contribution in [1.82, 2.24) is 5.32 Å². The Kier molecular flexibility index (Phi) is 9.01. The van der Waals surface area contributed by atoms with Crippen molar-refractivity contribution in [2.24, 2.45) is 11.7 Å². The van der Waals surface area contributed by atoms with Crippen molar-refractivity contribution in [3.8, 4) is 11.8 Å². The zero-order chi connectivity index (χ0) is 29.1. The lowest BCUT2D eigenvalue weighted by atomic mass is 9.96. The summed E-state index contributed by atoms with van der Waals surface area (Å²) >= 11 is 12.9. The van der Waals surface area contributed by atoms with Crippen molar-refractivity contribution >= 4 is 50.6 Å². The highest BCUT2D eigenvalue weighted by molar-refractivity contribution is 7.92. The molecule has 0 aliphatic heterocycles. The number of hydrogen-bond acceptors (Lipinski definition) is 4. The third-order valence-corrected chi connectivity index (χ3v) is 8.50. The smallest absolute Gasteiger partial charge is 0.319 e. The first kappa shape index (κ1) is 29.8. The summed E-state index contributed by atoms with van der Waals surface area (Å²) in [7, 11) is -3.82. The molecule has 1 aliphatic carbocycles. The van der Waals surface area contributed by atoms with E-state index < -0.39 is 22.1 Å². The molecule has 40 heavy (non-hydrogen) atoms. The maximum Gasteiger partial charge on any atom is 0.319 e. The van der Waals surface area contributed by atoms with E-state index in [-0.39, 0.29) is 10.4 Å². The number of carbonyl (C=O) groups excluding carboxylic acids is 1. The zero-order valence-corrected chi connectivity index (χ0v) is 24.8. The van der Waals surface area contributed by atoms with Gasteiger partial charge in [-0.1, -0.05) is 53.2 Å². The molecule has 0 unspecified atom stereocenters. The first-order valence-corrected chi connectivity index (χ1v) is 15.1. The highest BCUT2D eigenvalue weighted by atomic mass is 35.5. The highest BCUT2D eigenvalue weighted by Gasteiger charge is 2.20. The molecule has 0 spiro atoms. The van der Waals surface area contributed by atoms with E-state index in [1.807, 2.05) is 26.0 Å². The first-order chi connectivity index (χ1) is 18.8. The number of urea groups is 1. The Morgan fingerprint density at radius 1 is 1.00 bits per heavy atom. The van der Waals surface area contributed by atoms with Crippen molar-refractivity contribution in [3.05, 3.63) is 87.4 Å². The first-order valence-electron chi connectivity index (χ1n) is 12.9. The number of rotatable bonds is 8. The average Bonchev–Trinajstić information content (AvgIpc) is 3.70. The molecule has 210 valence electrons. The molecule has 10 heteroatoms. The van der Waals surface area contributed by atoms with Gasteiger partial charge in [-0.25, -0.2) is 13.2 Å². The third kappa shape index (κ3) is 8.15. The van der Waals surface area contributed by atoms with Gasteiger partial charge in [-0.3, -0.25) is 4.72 Å². The summed E-state index contributed by atoms with van der Waals surface area (Å²) in [5.74, 6) is 6.68. The lowest BCUT2D eigenvalue weighted by Gasteiger charge is -2.18. The molecule has 3 aromatic carbocycles. The molecule has 0 radical (unpaired) electrons. The van der Waals surface area contributed by atoms with E-state index in [1.165, 1.54) is 24.3 Å². The molecule has 4 rings (SSSR count). The minimum absolute atomic E-state index is 0.0605. The monoisotopic (exact) mass is 598 g/mol. The van der Waals surface area contributed by atoms with Gasteiger partial charge in [-0.2, -0.15) is 0 Å². The van der Waals surface area contributed by atoms with Gasteiger partial charge >= 0.3 is 6.03 Å². The number of anilines is 2. The number of halogens is 2. The molecule has 0 saturated heterocycles. The maximum absolute atomic E-state index is 12.8. The molecule has 0 heterocycles. The molecule has 1 saturated carbocycles. The number of nitrogens with one attached hydrogen (secondary N) is 3. The van der Waals surface area contributed by atoms with Gasteiger partial charge in [0, 0.05) is 28.4 Å². The van der Waals surface area contributed by atoms with Crippen LogP contribution in [0.15, 0.2) is 65.6 Å². The molecule has 0 aromatic heterocycles. The highest BCUT2D eigenvalue weighted by Crippen LogP contribution is 2.33. The second kappa shape index (κ2) is 12.1. The Labute approximate surface area is 245 Å². The Morgan fingerprint density at radius 2 is 1.62 bits per heavy atom. The number of sulfonamides is 1. The quantitative estimate of drug-likeness (QED) is 0.215. The summed E-state index contributed by atoms with van der Waals surface area (Å²) in [6.07, 6.45) is 2.90. The summed E-state index contributed by atoms with van der Waals surface area (Å²) in [6, 6.07) is 15.7. The van der Waals surface area contributed by atoms with Crippen LogP contribution in [0.5, 0.6) is 0 Å². The predicted octanol–water partition coefficient (Wildman–Crippen LogP) is 6.72. The second-order valence-corrected chi connectivity index (χ2v) is 13.1. The molecule has 3 aromatic rings. The van der Waals surface area contributed by atoms with Crippen LogP contribution in [0.1, 0.15) is 56.3 Å². The fourth-order valence-corrected chi connectivity index (χ4v) is 5.60. The lowest BCUT2D eigenvalue weighted by molar-refractivity contribution is 0.249. The second-order valence-electron chi connectivity index (χ2n) is 10.7. The van der Waals surface area contributed by atoms with Crippen molar-refractivity contribution < 1.29 is 13.2 Å². The van der Waals surface area contributed by atoms with Gasteiger partial charge in [0.05, 0.1) is 21.0 Å². The van der Waals surface area contributed by atoms with Crippen LogP contribution in [-0.4, -0.2) is 20.0 Å². The summed E-state index contributed by atoms with van der Waals surface area (Å²) < 4.78 is 28.3. The number of nitrogens with two attached hydrogens (primary N) is 1. The van der Waals surface area contributed by atoms with Crippen LogP contribution >= 0.6 is 23.2 Å². The summed E-state index contributed by atoms with van der Waals surface area (Å²) in [4.78, 5) is 12.7. The number of benzene rings is 3. The number of amides is 2. The van der Waals surface area contributed by atoms with E-state index in [9.17, 15) is 13.2 Å². The lowest BCUT2D eigenvalue weighted by Crippen LogP contribution is -2.34. The van der Waals surface area contributed by atoms with E-state index >= 15 is 0 Å². The van der Waals surface area contributed by atoms with Gasteiger partial charge < -0.3 is 16.4 Å².